The predicted octanol–water partition coefficient (Wildman–Crippen LogP) is 1.61. The molecule has 0 bridgehead atoms. The summed E-state index contributed by atoms with van der Waals surface area (Å²) in [4.78, 5) is 27.6. The first kappa shape index (κ1) is 17.8. The first-order valence-electron chi connectivity index (χ1n) is 7.66. The summed E-state index contributed by atoms with van der Waals surface area (Å²) in [5.41, 5.74) is -0.602. The third kappa shape index (κ3) is 4.88. The molecule has 1 heterocycles. The average molecular weight is 299 g/mol. The van der Waals surface area contributed by atoms with E-state index in [4.69, 9.17) is 0 Å². The lowest BCUT2D eigenvalue weighted by Crippen LogP contribution is -2.59. The molecule has 0 aliphatic carbocycles. The van der Waals surface area contributed by atoms with Gasteiger partial charge in [0.25, 0.3) is 0 Å². The zero-order valence-electron chi connectivity index (χ0n) is 13.8. The molecule has 6 nitrogen and oxygen atoms in total. The highest BCUT2D eigenvalue weighted by Gasteiger charge is 2.39. The molecule has 0 spiro atoms. The Bertz CT molecular complexity index is 371. The van der Waals surface area contributed by atoms with Gasteiger partial charge < -0.3 is 15.3 Å². The van der Waals surface area contributed by atoms with Crippen molar-refractivity contribution in [2.75, 3.05) is 26.2 Å². The molecule has 0 aromatic carbocycles. The second-order valence-corrected chi connectivity index (χ2v) is 7.04. The minimum absolute atomic E-state index is 0.0671. The molecule has 0 saturated carbocycles. The molecule has 21 heavy (non-hydrogen) atoms. The van der Waals surface area contributed by atoms with Crippen molar-refractivity contribution < 1.29 is 14.7 Å². The topological polar surface area (TPSA) is 72.9 Å². The van der Waals surface area contributed by atoms with E-state index in [0.29, 0.717) is 19.5 Å². The summed E-state index contributed by atoms with van der Waals surface area (Å²) in [7, 11) is 0. The van der Waals surface area contributed by atoms with Crippen LogP contribution in [0.3, 0.4) is 0 Å². The van der Waals surface area contributed by atoms with Crippen LogP contribution in [0.2, 0.25) is 0 Å². The van der Waals surface area contributed by atoms with Crippen LogP contribution in [0.1, 0.15) is 41.0 Å². The second-order valence-electron chi connectivity index (χ2n) is 7.04. The molecule has 122 valence electrons. The lowest BCUT2D eigenvalue weighted by molar-refractivity contribution is -0.139. The van der Waals surface area contributed by atoms with Crippen molar-refractivity contribution in [1.82, 2.24) is 15.1 Å². The maximum absolute atomic E-state index is 12.8. The smallest absolute Gasteiger partial charge is 0.408 e. The molecule has 1 aliphatic rings. The van der Waals surface area contributed by atoms with E-state index in [1.54, 1.807) is 4.90 Å². The van der Waals surface area contributed by atoms with E-state index in [9.17, 15) is 14.7 Å². The third-order valence-electron chi connectivity index (χ3n) is 3.65. The zero-order valence-corrected chi connectivity index (χ0v) is 13.8. The van der Waals surface area contributed by atoms with Crippen LogP contribution in [-0.4, -0.2) is 64.7 Å². The number of nitrogens with zero attached hydrogens (tertiary/aromatic N) is 2. The van der Waals surface area contributed by atoms with Crippen molar-refractivity contribution in [2.45, 2.75) is 52.6 Å². The maximum atomic E-state index is 12.8. The Balaban J connectivity index is 3.01. The third-order valence-corrected chi connectivity index (χ3v) is 3.65. The van der Waals surface area contributed by atoms with Crippen molar-refractivity contribution in [1.29, 1.82) is 0 Å². The maximum Gasteiger partial charge on any atom is 0.408 e. The molecule has 1 saturated heterocycles. The van der Waals surface area contributed by atoms with Crippen molar-refractivity contribution in [3.63, 3.8) is 0 Å². The van der Waals surface area contributed by atoms with Crippen LogP contribution in [0.5, 0.6) is 0 Å². The molecule has 1 atom stereocenters. The van der Waals surface area contributed by atoms with E-state index < -0.39 is 17.7 Å². The zero-order chi connectivity index (χ0) is 16.2. The molecule has 2 amide bonds. The normalized spacial score (nSPS) is 17.7. The minimum Gasteiger partial charge on any atom is -0.465 e. The number of hydrogen-bond donors (Lipinski definition) is 2. The molecule has 0 radical (unpaired) electrons. The van der Waals surface area contributed by atoms with Crippen molar-refractivity contribution in [3.05, 3.63) is 0 Å². The highest BCUT2D eigenvalue weighted by atomic mass is 16.4. The second kappa shape index (κ2) is 7.11. The molecular formula is C15H29N3O3. The number of piperazine rings is 1. The molecule has 1 fully saturated rings. The minimum atomic E-state index is -1.03. The van der Waals surface area contributed by atoms with Crippen LogP contribution in [0, 0.1) is 5.92 Å². The van der Waals surface area contributed by atoms with Crippen LogP contribution in [0.25, 0.3) is 0 Å². The van der Waals surface area contributed by atoms with Crippen LogP contribution >= 0.6 is 0 Å². The average Bonchev–Trinajstić information content (AvgIpc) is 2.35. The van der Waals surface area contributed by atoms with Gasteiger partial charge in [-0.05, 0) is 33.1 Å². The number of carbonyl (C=O) groups excluding carboxylic acids is 1. The Morgan fingerprint density at radius 3 is 2.14 bits per heavy atom. The van der Waals surface area contributed by atoms with Crippen LogP contribution in [-0.2, 0) is 4.79 Å². The molecule has 6 heteroatoms. The summed E-state index contributed by atoms with van der Waals surface area (Å²) in [6.45, 7) is 12.3. The quantitative estimate of drug-likeness (QED) is 0.827. The van der Waals surface area contributed by atoms with Crippen molar-refractivity contribution in [2.24, 2.45) is 5.92 Å². The highest BCUT2D eigenvalue weighted by Crippen LogP contribution is 2.23. The van der Waals surface area contributed by atoms with Gasteiger partial charge in [-0.3, -0.25) is 9.69 Å². The van der Waals surface area contributed by atoms with Gasteiger partial charge >= 0.3 is 6.09 Å². The van der Waals surface area contributed by atoms with Gasteiger partial charge in [-0.1, -0.05) is 13.8 Å². The Morgan fingerprint density at radius 1 is 1.24 bits per heavy atom. The molecule has 1 rings (SSSR count). The molecule has 0 unspecified atom stereocenters. The number of amides is 2. The fourth-order valence-electron chi connectivity index (χ4n) is 2.75. The highest BCUT2D eigenvalue weighted by molar-refractivity contribution is 5.85. The Hall–Kier alpha value is -1.30. The van der Waals surface area contributed by atoms with Crippen LogP contribution in [0.4, 0.5) is 4.79 Å². The van der Waals surface area contributed by atoms with E-state index in [2.05, 4.69) is 5.32 Å². The van der Waals surface area contributed by atoms with Crippen molar-refractivity contribution >= 4 is 12.0 Å². The van der Waals surface area contributed by atoms with Gasteiger partial charge in [0.1, 0.15) is 6.04 Å². The van der Waals surface area contributed by atoms with Gasteiger partial charge in [-0.2, -0.15) is 0 Å². The number of rotatable bonds is 4. The molecule has 0 aromatic heterocycles. The summed E-state index contributed by atoms with van der Waals surface area (Å²) < 4.78 is 0. The van der Waals surface area contributed by atoms with E-state index >= 15 is 0 Å². The standard InChI is InChI=1S/C15H29N3O3/c1-11(2)10-12(18(14(20)21)15(3,4)5)13(19)17-8-6-16-7-9-17/h11-12,16H,6-10H2,1-5H3,(H,20,21)/t12-/m0/s1. The summed E-state index contributed by atoms with van der Waals surface area (Å²) in [6, 6.07) is -0.611. The molecule has 0 aromatic rings. The first-order chi connectivity index (χ1) is 9.64. The lowest BCUT2D eigenvalue weighted by atomic mass is 9.96. The van der Waals surface area contributed by atoms with Gasteiger partial charge in [0.05, 0.1) is 0 Å². The number of carboxylic acid groups (broad SMARTS) is 1. The Morgan fingerprint density at radius 2 is 1.76 bits per heavy atom. The first-order valence-corrected chi connectivity index (χ1v) is 7.66. The summed E-state index contributed by atoms with van der Waals surface area (Å²) >= 11 is 0. The predicted molar refractivity (Wildman–Crippen MR) is 82.3 cm³/mol. The lowest BCUT2D eigenvalue weighted by Gasteiger charge is -2.42. The van der Waals surface area contributed by atoms with Gasteiger partial charge in [-0.15, -0.1) is 0 Å². The van der Waals surface area contributed by atoms with Gasteiger partial charge in [0.2, 0.25) is 5.91 Å². The summed E-state index contributed by atoms with van der Waals surface area (Å²) in [6.07, 6.45) is -0.483. The van der Waals surface area contributed by atoms with Crippen LogP contribution in [0.15, 0.2) is 0 Å². The number of nitrogens with one attached hydrogen (secondary N) is 1. The van der Waals surface area contributed by atoms with E-state index in [0.717, 1.165) is 13.1 Å². The summed E-state index contributed by atoms with van der Waals surface area (Å²) in [5, 5.41) is 12.8. The van der Waals surface area contributed by atoms with Gasteiger partial charge in [0, 0.05) is 31.7 Å². The molecular weight excluding hydrogens is 270 g/mol. The van der Waals surface area contributed by atoms with E-state index in [1.807, 2.05) is 34.6 Å². The molecule has 2 N–H and O–H groups in total. The fraction of sp³-hybridized carbons (Fsp3) is 0.867. The SMILES string of the molecule is CC(C)C[C@@H](C(=O)N1CCNCC1)N(C(=O)O)C(C)(C)C. The monoisotopic (exact) mass is 299 g/mol. The van der Waals surface area contributed by atoms with Crippen LogP contribution < -0.4 is 5.32 Å². The van der Waals surface area contributed by atoms with Crippen molar-refractivity contribution in [3.8, 4) is 0 Å². The van der Waals surface area contributed by atoms with Gasteiger partial charge in [0.15, 0.2) is 0 Å². The Kier molecular flexibility index (Phi) is 6.01. The molecule has 1 aliphatic heterocycles. The van der Waals surface area contributed by atoms with Gasteiger partial charge in [-0.25, -0.2) is 4.79 Å². The fourth-order valence-corrected chi connectivity index (χ4v) is 2.75. The number of carbonyl (C=O) groups is 2. The summed E-state index contributed by atoms with van der Waals surface area (Å²) in [5.74, 6) is 0.189. The Labute approximate surface area is 127 Å². The van der Waals surface area contributed by atoms with E-state index in [1.165, 1.54) is 4.90 Å². The van der Waals surface area contributed by atoms with E-state index in [-0.39, 0.29) is 11.8 Å². The number of hydrogen-bond acceptors (Lipinski definition) is 3. The largest absolute Gasteiger partial charge is 0.465 e.